The van der Waals surface area contributed by atoms with Gasteiger partial charge >= 0.3 is 0 Å². The average Bonchev–Trinajstić information content (AvgIpc) is 2.93. The lowest BCUT2D eigenvalue weighted by Crippen LogP contribution is -2.47. The fraction of sp³-hybridized carbons (Fsp3) is 0.500. The monoisotopic (exact) mass is 322 g/mol. The zero-order chi connectivity index (χ0) is 16.6. The number of aromatic nitrogens is 2. The highest BCUT2D eigenvalue weighted by molar-refractivity contribution is 5.79. The van der Waals surface area contributed by atoms with E-state index in [1.165, 1.54) is 6.07 Å². The number of carbonyl (C=O) groups is 1. The van der Waals surface area contributed by atoms with Crippen LogP contribution in [-0.2, 0) is 10.2 Å². The van der Waals surface area contributed by atoms with Gasteiger partial charge < -0.3 is 15.2 Å². The highest BCUT2D eigenvalue weighted by atomic mass is 19.1. The Balaban J connectivity index is 1.84. The van der Waals surface area contributed by atoms with E-state index in [1.54, 1.807) is 0 Å². The molecule has 1 aliphatic rings. The van der Waals surface area contributed by atoms with Crippen molar-refractivity contribution in [1.82, 2.24) is 20.2 Å². The molecule has 0 atom stereocenters. The van der Waals surface area contributed by atoms with E-state index in [-0.39, 0.29) is 17.8 Å². The smallest absolute Gasteiger partial charge is 0.223 e. The second kappa shape index (κ2) is 5.88. The minimum absolute atomic E-state index is 0.0450. The van der Waals surface area contributed by atoms with Crippen molar-refractivity contribution < 1.29 is 13.6 Å². The largest absolute Gasteiger partial charge is 0.341 e. The number of aromatic amines is 1. The average molecular weight is 322 g/mol. The number of rotatable bonds is 3. The molecule has 0 bridgehead atoms. The molecule has 1 amide bonds. The van der Waals surface area contributed by atoms with Gasteiger partial charge in [0.1, 0.15) is 17.2 Å². The van der Waals surface area contributed by atoms with Crippen LogP contribution >= 0.6 is 0 Å². The van der Waals surface area contributed by atoms with Crippen LogP contribution in [0.1, 0.15) is 26.1 Å². The molecule has 1 aliphatic heterocycles. The van der Waals surface area contributed by atoms with E-state index in [4.69, 9.17) is 0 Å². The fourth-order valence-electron chi connectivity index (χ4n) is 2.85. The van der Waals surface area contributed by atoms with E-state index in [0.29, 0.717) is 24.4 Å². The van der Waals surface area contributed by atoms with Gasteiger partial charge in [0.15, 0.2) is 5.82 Å². The molecule has 7 heteroatoms. The zero-order valence-corrected chi connectivity index (χ0v) is 13.2. The minimum Gasteiger partial charge on any atom is -0.341 e. The number of nitrogens with zero attached hydrogens (tertiary/aromatic N) is 2. The second-order valence-corrected chi connectivity index (χ2v) is 6.56. The lowest BCUT2D eigenvalue weighted by Gasteiger charge is -2.30. The SMILES string of the molecule is CC(C)(CC(=O)N1CCNCC1)c1nc2c(F)cc(F)cc2[nH]1. The highest BCUT2D eigenvalue weighted by Crippen LogP contribution is 2.28. The van der Waals surface area contributed by atoms with Gasteiger partial charge in [0.05, 0.1) is 5.52 Å². The molecular formula is C16H20F2N4O. The second-order valence-electron chi connectivity index (χ2n) is 6.56. The molecule has 23 heavy (non-hydrogen) atoms. The summed E-state index contributed by atoms with van der Waals surface area (Å²) in [7, 11) is 0. The van der Waals surface area contributed by atoms with Gasteiger partial charge in [-0.25, -0.2) is 13.8 Å². The Morgan fingerprint density at radius 3 is 2.70 bits per heavy atom. The molecule has 0 aliphatic carbocycles. The third kappa shape index (κ3) is 3.19. The minimum atomic E-state index is -0.702. The number of imidazole rings is 1. The molecule has 0 radical (unpaired) electrons. The molecule has 0 unspecified atom stereocenters. The highest BCUT2D eigenvalue weighted by Gasteiger charge is 2.30. The van der Waals surface area contributed by atoms with Crippen LogP contribution in [0.3, 0.4) is 0 Å². The van der Waals surface area contributed by atoms with Crippen molar-refractivity contribution in [2.45, 2.75) is 25.7 Å². The van der Waals surface area contributed by atoms with Crippen LogP contribution in [0.25, 0.3) is 11.0 Å². The standard InChI is InChI=1S/C16H20F2N4O/c1-16(2,9-13(23)22-5-3-19-4-6-22)15-20-12-8-10(17)7-11(18)14(12)21-15/h7-8,19H,3-6,9H2,1-2H3,(H,20,21). The Labute approximate surface area is 133 Å². The zero-order valence-electron chi connectivity index (χ0n) is 13.2. The van der Waals surface area contributed by atoms with Crippen LogP contribution in [0.5, 0.6) is 0 Å². The number of hydrogen-bond acceptors (Lipinski definition) is 3. The third-order valence-electron chi connectivity index (χ3n) is 4.21. The van der Waals surface area contributed by atoms with E-state index in [0.717, 1.165) is 19.2 Å². The van der Waals surface area contributed by atoms with Gasteiger partial charge in [-0.2, -0.15) is 0 Å². The summed E-state index contributed by atoms with van der Waals surface area (Å²) < 4.78 is 27.1. The lowest BCUT2D eigenvalue weighted by atomic mass is 9.87. The number of carbonyl (C=O) groups excluding carboxylic acids is 1. The maximum Gasteiger partial charge on any atom is 0.223 e. The molecule has 5 nitrogen and oxygen atoms in total. The van der Waals surface area contributed by atoms with Crippen LogP contribution < -0.4 is 5.32 Å². The van der Waals surface area contributed by atoms with Crippen LogP contribution in [0.15, 0.2) is 12.1 Å². The van der Waals surface area contributed by atoms with Crippen molar-refractivity contribution in [3.63, 3.8) is 0 Å². The topological polar surface area (TPSA) is 61.0 Å². The van der Waals surface area contributed by atoms with E-state index < -0.39 is 17.0 Å². The van der Waals surface area contributed by atoms with Crippen molar-refractivity contribution in [1.29, 1.82) is 0 Å². The van der Waals surface area contributed by atoms with Gasteiger partial charge in [-0.15, -0.1) is 0 Å². The summed E-state index contributed by atoms with van der Waals surface area (Å²) in [4.78, 5) is 21.5. The molecule has 1 aromatic heterocycles. The van der Waals surface area contributed by atoms with Gasteiger partial charge in [-0.1, -0.05) is 13.8 Å². The van der Waals surface area contributed by atoms with Gasteiger partial charge in [0, 0.05) is 44.1 Å². The Morgan fingerprint density at radius 1 is 1.30 bits per heavy atom. The summed E-state index contributed by atoms with van der Waals surface area (Å²) in [6.45, 7) is 6.71. The first-order chi connectivity index (χ1) is 10.9. The number of nitrogens with one attached hydrogen (secondary N) is 2. The molecule has 2 heterocycles. The number of amides is 1. The van der Waals surface area contributed by atoms with Gasteiger partial charge in [0.2, 0.25) is 5.91 Å². The first-order valence-corrected chi connectivity index (χ1v) is 7.70. The van der Waals surface area contributed by atoms with E-state index in [2.05, 4.69) is 15.3 Å². The van der Waals surface area contributed by atoms with Crippen molar-refractivity contribution in [3.05, 3.63) is 29.6 Å². The van der Waals surface area contributed by atoms with Crippen molar-refractivity contribution in [2.75, 3.05) is 26.2 Å². The Hall–Kier alpha value is -2.02. The number of H-pyrrole nitrogens is 1. The molecule has 3 rings (SSSR count). The van der Waals surface area contributed by atoms with Crippen molar-refractivity contribution in [3.8, 4) is 0 Å². The number of fused-ring (bicyclic) bond motifs is 1. The molecule has 1 aromatic carbocycles. The predicted octanol–water partition coefficient (Wildman–Crippen LogP) is 1.94. The van der Waals surface area contributed by atoms with E-state index >= 15 is 0 Å². The first kappa shape index (κ1) is 15.9. The van der Waals surface area contributed by atoms with Crippen molar-refractivity contribution in [2.24, 2.45) is 0 Å². The molecule has 1 fully saturated rings. The van der Waals surface area contributed by atoms with E-state index in [1.807, 2.05) is 18.7 Å². The summed E-state index contributed by atoms with van der Waals surface area (Å²) in [5.74, 6) is -0.823. The number of benzene rings is 1. The van der Waals surface area contributed by atoms with Crippen LogP contribution in [0, 0.1) is 11.6 Å². The molecule has 2 N–H and O–H groups in total. The molecule has 0 saturated carbocycles. The maximum absolute atomic E-state index is 13.8. The number of hydrogen-bond donors (Lipinski definition) is 2. The summed E-state index contributed by atoms with van der Waals surface area (Å²) in [6.07, 6.45) is 0.261. The molecule has 1 saturated heterocycles. The van der Waals surface area contributed by atoms with Crippen molar-refractivity contribution >= 4 is 16.9 Å². The summed E-state index contributed by atoms with van der Waals surface area (Å²) in [5, 5.41) is 3.20. The normalized spacial score (nSPS) is 16.1. The quantitative estimate of drug-likeness (QED) is 0.908. The Kier molecular flexibility index (Phi) is 4.06. The Morgan fingerprint density at radius 2 is 2.00 bits per heavy atom. The first-order valence-electron chi connectivity index (χ1n) is 7.70. The lowest BCUT2D eigenvalue weighted by molar-refractivity contribution is -0.132. The molecule has 124 valence electrons. The Bertz CT molecular complexity index is 735. The predicted molar refractivity (Wildman–Crippen MR) is 83.1 cm³/mol. The molecule has 0 spiro atoms. The molecule has 2 aromatic rings. The van der Waals surface area contributed by atoms with Crippen LogP contribution in [0.2, 0.25) is 0 Å². The maximum atomic E-state index is 13.8. The summed E-state index contributed by atoms with van der Waals surface area (Å²) in [5.41, 5.74) is -0.187. The summed E-state index contributed by atoms with van der Waals surface area (Å²) >= 11 is 0. The van der Waals surface area contributed by atoms with E-state index in [9.17, 15) is 13.6 Å². The fourth-order valence-corrected chi connectivity index (χ4v) is 2.85. The van der Waals surface area contributed by atoms with Gasteiger partial charge in [-0.05, 0) is 6.07 Å². The van der Waals surface area contributed by atoms with Gasteiger partial charge in [-0.3, -0.25) is 4.79 Å². The summed E-state index contributed by atoms with van der Waals surface area (Å²) in [6, 6.07) is 2.02. The van der Waals surface area contributed by atoms with Gasteiger partial charge in [0.25, 0.3) is 0 Å². The van der Waals surface area contributed by atoms with Crippen LogP contribution in [-0.4, -0.2) is 47.0 Å². The molecular weight excluding hydrogens is 302 g/mol. The number of halogens is 2. The van der Waals surface area contributed by atoms with Crippen LogP contribution in [0.4, 0.5) is 8.78 Å². The third-order valence-corrected chi connectivity index (χ3v) is 4.21. The number of piperazine rings is 1.